The molecule has 4 rings (SSSR count). The van der Waals surface area contributed by atoms with Crippen molar-refractivity contribution in [2.45, 2.75) is 46.1 Å². The summed E-state index contributed by atoms with van der Waals surface area (Å²) in [6.07, 6.45) is 2.35. The number of hydrogen-bond donors (Lipinski definition) is 0. The molecule has 0 spiro atoms. The van der Waals surface area contributed by atoms with Crippen LogP contribution in [0.3, 0.4) is 0 Å². The van der Waals surface area contributed by atoms with E-state index in [0.29, 0.717) is 18.7 Å². The van der Waals surface area contributed by atoms with Gasteiger partial charge in [-0.25, -0.2) is 4.39 Å². The van der Waals surface area contributed by atoms with Crippen molar-refractivity contribution in [1.82, 2.24) is 15.2 Å². The molecule has 1 aliphatic heterocycles. The van der Waals surface area contributed by atoms with E-state index in [1.54, 1.807) is 17.9 Å². The van der Waals surface area contributed by atoms with E-state index in [9.17, 15) is 9.18 Å². The number of halogens is 2. The molecule has 3 aromatic rings. The molecule has 0 radical (unpaired) electrons. The summed E-state index contributed by atoms with van der Waals surface area (Å²) in [5.41, 5.74) is 2.17. The van der Waals surface area contributed by atoms with Gasteiger partial charge < -0.3 is 13.9 Å². The smallest absolute Gasteiger partial charge is 0.260 e. The lowest BCUT2D eigenvalue weighted by atomic mass is 9.99. The number of aromatic nitrogens is 2. The summed E-state index contributed by atoms with van der Waals surface area (Å²) in [4.78, 5) is 15.3. The van der Waals surface area contributed by atoms with E-state index in [-0.39, 0.29) is 33.8 Å². The molecule has 1 aromatic carbocycles. The normalized spacial score (nSPS) is 16.6. The first kappa shape index (κ1) is 19.6. The minimum Gasteiger partial charge on any atom is -0.361 e. The van der Waals surface area contributed by atoms with Crippen LogP contribution in [0.1, 0.15) is 58.9 Å². The van der Waals surface area contributed by atoms with Gasteiger partial charge in [-0.3, -0.25) is 4.79 Å². The highest BCUT2D eigenvalue weighted by Gasteiger charge is 2.37. The molecular formula is C21H21ClFN3O3. The fraction of sp³-hybridized carbons (Fsp3) is 0.381. The third-order valence-electron chi connectivity index (χ3n) is 5.43. The topological polar surface area (TPSA) is 72.4 Å². The average molecular weight is 418 g/mol. The van der Waals surface area contributed by atoms with E-state index < -0.39 is 5.82 Å². The molecule has 1 atom stereocenters. The maximum atomic E-state index is 14.5. The number of carbonyl (C=O) groups excluding carboxylic acids is 1. The van der Waals surface area contributed by atoms with Crippen molar-refractivity contribution in [2.24, 2.45) is 0 Å². The number of hydrogen-bond acceptors (Lipinski definition) is 5. The first-order valence-corrected chi connectivity index (χ1v) is 9.98. The lowest BCUT2D eigenvalue weighted by Gasteiger charge is -2.25. The van der Waals surface area contributed by atoms with Gasteiger partial charge in [0.05, 0.1) is 22.3 Å². The molecule has 1 amide bonds. The minimum absolute atomic E-state index is 0.0699. The Morgan fingerprint density at radius 2 is 2.10 bits per heavy atom. The van der Waals surface area contributed by atoms with Crippen LogP contribution in [0.25, 0.3) is 11.3 Å². The number of amides is 1. The zero-order valence-corrected chi connectivity index (χ0v) is 17.2. The van der Waals surface area contributed by atoms with E-state index in [1.807, 2.05) is 13.8 Å². The predicted octanol–water partition coefficient (Wildman–Crippen LogP) is 5.28. The molecule has 0 N–H and O–H groups in total. The molecule has 0 bridgehead atoms. The van der Waals surface area contributed by atoms with Crippen molar-refractivity contribution in [3.63, 3.8) is 0 Å². The van der Waals surface area contributed by atoms with E-state index in [4.69, 9.17) is 20.6 Å². The molecule has 8 heteroatoms. The summed E-state index contributed by atoms with van der Waals surface area (Å²) in [6, 6.07) is 4.20. The fourth-order valence-corrected chi connectivity index (χ4v) is 4.33. The second-order valence-electron chi connectivity index (χ2n) is 7.17. The minimum atomic E-state index is -0.555. The van der Waals surface area contributed by atoms with Crippen molar-refractivity contribution >= 4 is 17.5 Å². The first-order chi connectivity index (χ1) is 13.9. The molecule has 0 saturated carbocycles. The van der Waals surface area contributed by atoms with Crippen molar-refractivity contribution < 1.29 is 18.2 Å². The van der Waals surface area contributed by atoms with Gasteiger partial charge in [0.25, 0.3) is 5.91 Å². The molecule has 3 heterocycles. The Hall–Kier alpha value is -2.67. The number of likely N-dealkylation sites (tertiary alicyclic amines) is 1. The summed E-state index contributed by atoms with van der Waals surface area (Å²) >= 11 is 6.21. The van der Waals surface area contributed by atoms with E-state index >= 15 is 0 Å². The first-order valence-electron chi connectivity index (χ1n) is 9.60. The fourth-order valence-electron chi connectivity index (χ4n) is 4.08. The third-order valence-corrected chi connectivity index (χ3v) is 5.74. The number of aryl methyl sites for hydroxylation is 3. The molecule has 1 aliphatic rings. The zero-order valence-electron chi connectivity index (χ0n) is 16.5. The molecule has 6 nitrogen and oxygen atoms in total. The predicted molar refractivity (Wildman–Crippen MR) is 105 cm³/mol. The monoisotopic (exact) mass is 417 g/mol. The number of carbonyl (C=O) groups is 1. The van der Waals surface area contributed by atoms with Gasteiger partial charge in [0.1, 0.15) is 28.6 Å². The van der Waals surface area contributed by atoms with Crippen LogP contribution in [0.4, 0.5) is 4.39 Å². The Bertz CT molecular complexity index is 1060. The van der Waals surface area contributed by atoms with Crippen LogP contribution >= 0.6 is 11.6 Å². The third kappa shape index (κ3) is 3.23. The van der Waals surface area contributed by atoms with Crippen molar-refractivity contribution in [2.75, 3.05) is 6.54 Å². The quantitative estimate of drug-likeness (QED) is 0.577. The maximum absolute atomic E-state index is 14.5. The van der Waals surface area contributed by atoms with Crippen LogP contribution in [-0.4, -0.2) is 27.7 Å². The van der Waals surface area contributed by atoms with E-state index in [0.717, 1.165) is 29.9 Å². The van der Waals surface area contributed by atoms with Gasteiger partial charge in [0.15, 0.2) is 0 Å². The van der Waals surface area contributed by atoms with E-state index in [2.05, 4.69) is 10.3 Å². The van der Waals surface area contributed by atoms with Gasteiger partial charge in [-0.1, -0.05) is 34.9 Å². The van der Waals surface area contributed by atoms with Crippen LogP contribution in [0, 0.1) is 19.7 Å². The second-order valence-corrected chi connectivity index (χ2v) is 7.58. The van der Waals surface area contributed by atoms with Gasteiger partial charge in [-0.15, -0.1) is 0 Å². The number of benzene rings is 1. The maximum Gasteiger partial charge on any atom is 0.260 e. The zero-order chi connectivity index (χ0) is 20.7. The van der Waals surface area contributed by atoms with Crippen LogP contribution in [-0.2, 0) is 6.42 Å². The Morgan fingerprint density at radius 3 is 2.83 bits per heavy atom. The Labute approximate surface area is 172 Å². The molecular weight excluding hydrogens is 397 g/mol. The second kappa shape index (κ2) is 7.63. The summed E-state index contributed by atoms with van der Waals surface area (Å²) in [5.74, 6) is 0.295. The Kier molecular flexibility index (Phi) is 5.17. The number of nitrogens with zero attached hydrogens (tertiary/aromatic N) is 3. The summed E-state index contributed by atoms with van der Waals surface area (Å²) in [5, 5.41) is 8.22. The van der Waals surface area contributed by atoms with Crippen molar-refractivity contribution in [3.05, 3.63) is 57.4 Å². The van der Waals surface area contributed by atoms with E-state index in [1.165, 1.54) is 12.1 Å². The standard InChI is InChI=1S/C21H21ClFN3O3/c1-4-16-17(11(2)24-29-16)15-9-6-10-26(15)21(27)18-12(3)28-25-20(18)19-13(22)7-5-8-14(19)23/h5,7-8,15H,4,6,9-10H2,1-3H3. The molecule has 1 saturated heterocycles. The molecule has 0 aliphatic carbocycles. The van der Waals surface area contributed by atoms with Crippen LogP contribution in [0.2, 0.25) is 5.02 Å². The van der Waals surface area contributed by atoms with Gasteiger partial charge in [-0.05, 0) is 38.8 Å². The summed E-state index contributed by atoms with van der Waals surface area (Å²) in [7, 11) is 0. The highest BCUT2D eigenvalue weighted by Crippen LogP contribution is 2.40. The Balaban J connectivity index is 1.78. The molecule has 1 fully saturated rings. The lowest BCUT2D eigenvalue weighted by molar-refractivity contribution is 0.0733. The summed E-state index contributed by atoms with van der Waals surface area (Å²) in [6.45, 7) is 6.10. The number of rotatable bonds is 4. The molecule has 152 valence electrons. The van der Waals surface area contributed by atoms with Gasteiger partial charge in [-0.2, -0.15) is 0 Å². The van der Waals surface area contributed by atoms with Gasteiger partial charge >= 0.3 is 0 Å². The highest BCUT2D eigenvalue weighted by molar-refractivity contribution is 6.33. The van der Waals surface area contributed by atoms with Crippen LogP contribution in [0.5, 0.6) is 0 Å². The summed E-state index contributed by atoms with van der Waals surface area (Å²) < 4.78 is 25.2. The Morgan fingerprint density at radius 1 is 1.31 bits per heavy atom. The van der Waals surface area contributed by atoms with Crippen LogP contribution < -0.4 is 0 Å². The molecule has 1 unspecified atom stereocenters. The molecule has 29 heavy (non-hydrogen) atoms. The lowest BCUT2D eigenvalue weighted by Crippen LogP contribution is -2.31. The van der Waals surface area contributed by atoms with Crippen molar-refractivity contribution in [1.29, 1.82) is 0 Å². The van der Waals surface area contributed by atoms with Crippen LogP contribution in [0.15, 0.2) is 27.2 Å². The SMILES string of the molecule is CCc1onc(C)c1C1CCCN1C(=O)c1c(-c2c(F)cccc2Cl)noc1C. The largest absolute Gasteiger partial charge is 0.361 e. The highest BCUT2D eigenvalue weighted by atomic mass is 35.5. The molecule has 2 aromatic heterocycles. The van der Waals surface area contributed by atoms with Gasteiger partial charge in [0, 0.05) is 18.5 Å². The average Bonchev–Trinajstić information content (AvgIpc) is 3.39. The van der Waals surface area contributed by atoms with Crippen molar-refractivity contribution in [3.8, 4) is 11.3 Å². The van der Waals surface area contributed by atoms with Gasteiger partial charge in [0.2, 0.25) is 0 Å².